The van der Waals surface area contributed by atoms with E-state index in [9.17, 15) is 14.0 Å². The lowest BCUT2D eigenvalue weighted by atomic mass is 10.1. The van der Waals surface area contributed by atoms with E-state index in [0.29, 0.717) is 36.0 Å². The number of hydrogen-bond donors (Lipinski definition) is 0. The molecule has 0 N–H and O–H groups in total. The fourth-order valence-electron chi connectivity index (χ4n) is 2.56. The van der Waals surface area contributed by atoms with Crippen LogP contribution in [0, 0.1) is 5.82 Å². The van der Waals surface area contributed by atoms with E-state index in [4.69, 9.17) is 9.47 Å². The van der Waals surface area contributed by atoms with E-state index in [1.54, 1.807) is 25.2 Å². The number of amides is 1. The van der Waals surface area contributed by atoms with Crippen molar-refractivity contribution >= 4 is 17.4 Å². The molecule has 3 rings (SSSR count). The van der Waals surface area contributed by atoms with Crippen LogP contribution in [0.25, 0.3) is 0 Å². The van der Waals surface area contributed by atoms with Gasteiger partial charge in [-0.05, 0) is 42.5 Å². The van der Waals surface area contributed by atoms with Crippen LogP contribution in [0.3, 0.4) is 0 Å². The highest BCUT2D eigenvalue weighted by Gasteiger charge is 2.17. The van der Waals surface area contributed by atoms with E-state index in [0.717, 1.165) is 0 Å². The molecule has 5 nitrogen and oxygen atoms in total. The van der Waals surface area contributed by atoms with Gasteiger partial charge in [0.1, 0.15) is 19.0 Å². The van der Waals surface area contributed by atoms with Crippen LogP contribution in [0.2, 0.25) is 0 Å². The summed E-state index contributed by atoms with van der Waals surface area (Å²) in [5.41, 5.74) is 1.07. The summed E-state index contributed by atoms with van der Waals surface area (Å²) in [5.74, 6) is 0.454. The second-order valence-corrected chi connectivity index (χ2v) is 5.71. The highest BCUT2D eigenvalue weighted by Crippen LogP contribution is 2.31. The largest absolute Gasteiger partial charge is 0.486 e. The van der Waals surface area contributed by atoms with E-state index in [-0.39, 0.29) is 30.3 Å². The maximum Gasteiger partial charge on any atom is 0.227 e. The van der Waals surface area contributed by atoms with Gasteiger partial charge in [-0.15, -0.1) is 0 Å². The van der Waals surface area contributed by atoms with Crippen molar-refractivity contribution in [3.63, 3.8) is 0 Å². The van der Waals surface area contributed by atoms with Crippen molar-refractivity contribution in [2.45, 2.75) is 12.8 Å². The molecule has 0 spiro atoms. The molecule has 1 amide bonds. The number of carbonyl (C=O) groups is 2. The number of carbonyl (C=O) groups excluding carboxylic acids is 2. The molecule has 2 aromatic carbocycles. The van der Waals surface area contributed by atoms with Gasteiger partial charge in [0.2, 0.25) is 5.91 Å². The van der Waals surface area contributed by atoms with Crippen LogP contribution >= 0.6 is 0 Å². The summed E-state index contributed by atoms with van der Waals surface area (Å²) < 4.78 is 23.8. The number of halogens is 1. The molecule has 0 saturated carbocycles. The van der Waals surface area contributed by atoms with Crippen molar-refractivity contribution in [2.24, 2.45) is 0 Å². The predicted octanol–water partition coefficient (Wildman–Crippen LogP) is 3.22. The Balaban J connectivity index is 1.60. The van der Waals surface area contributed by atoms with Crippen molar-refractivity contribution in [3.8, 4) is 11.5 Å². The van der Waals surface area contributed by atoms with Crippen molar-refractivity contribution < 1.29 is 23.5 Å². The van der Waals surface area contributed by atoms with Gasteiger partial charge in [-0.25, -0.2) is 4.39 Å². The van der Waals surface area contributed by atoms with Crippen LogP contribution in [0.4, 0.5) is 10.1 Å². The molecule has 0 unspecified atom stereocenters. The first kappa shape index (κ1) is 17.0. The lowest BCUT2D eigenvalue weighted by Gasteiger charge is -2.19. The van der Waals surface area contributed by atoms with Crippen LogP contribution in [0.1, 0.15) is 23.2 Å². The summed E-state index contributed by atoms with van der Waals surface area (Å²) in [6.07, 6.45) is 0.158. The summed E-state index contributed by atoms with van der Waals surface area (Å²) in [5, 5.41) is 0. The molecular weight excluding hydrogens is 325 g/mol. The Morgan fingerprint density at radius 2 is 1.68 bits per heavy atom. The monoisotopic (exact) mass is 343 g/mol. The number of nitrogens with zero attached hydrogens (tertiary/aromatic N) is 1. The minimum Gasteiger partial charge on any atom is -0.486 e. The summed E-state index contributed by atoms with van der Waals surface area (Å²) >= 11 is 0. The number of ether oxygens (including phenoxy) is 2. The van der Waals surface area contributed by atoms with Gasteiger partial charge in [0, 0.05) is 31.1 Å². The Morgan fingerprint density at radius 3 is 2.40 bits per heavy atom. The maximum atomic E-state index is 12.9. The van der Waals surface area contributed by atoms with Crippen molar-refractivity contribution in [3.05, 3.63) is 53.8 Å². The first-order valence-corrected chi connectivity index (χ1v) is 7.99. The Hall–Kier alpha value is -2.89. The third kappa shape index (κ3) is 3.96. The molecule has 130 valence electrons. The molecule has 1 heterocycles. The number of hydrogen-bond acceptors (Lipinski definition) is 4. The average Bonchev–Trinajstić information content (AvgIpc) is 2.65. The lowest BCUT2D eigenvalue weighted by Crippen LogP contribution is -2.26. The number of rotatable bonds is 5. The first-order chi connectivity index (χ1) is 12.0. The highest BCUT2D eigenvalue weighted by molar-refractivity contribution is 6.01. The van der Waals surface area contributed by atoms with Gasteiger partial charge in [0.15, 0.2) is 17.3 Å². The van der Waals surface area contributed by atoms with Gasteiger partial charge < -0.3 is 14.4 Å². The first-order valence-electron chi connectivity index (χ1n) is 7.99. The second-order valence-electron chi connectivity index (χ2n) is 5.71. The molecule has 0 fully saturated rings. The van der Waals surface area contributed by atoms with Crippen LogP contribution in [0.5, 0.6) is 11.5 Å². The van der Waals surface area contributed by atoms with E-state index in [2.05, 4.69) is 0 Å². The maximum absolute atomic E-state index is 12.9. The van der Waals surface area contributed by atoms with Gasteiger partial charge in [-0.2, -0.15) is 0 Å². The smallest absolute Gasteiger partial charge is 0.227 e. The number of benzene rings is 2. The third-order valence-corrected chi connectivity index (χ3v) is 4.02. The molecule has 0 aromatic heterocycles. The molecule has 0 saturated heterocycles. The topological polar surface area (TPSA) is 55.8 Å². The SMILES string of the molecule is CN(C(=O)CCC(=O)c1ccc2c(c1)OCCO2)c1ccc(F)cc1. The fraction of sp³-hybridized carbons (Fsp3) is 0.263. The molecular formula is C19H18FNO4. The molecule has 1 aliphatic rings. The van der Waals surface area contributed by atoms with E-state index in [1.807, 2.05) is 0 Å². The Kier molecular flexibility index (Phi) is 4.97. The molecule has 25 heavy (non-hydrogen) atoms. The zero-order chi connectivity index (χ0) is 17.8. The van der Waals surface area contributed by atoms with Gasteiger partial charge in [-0.3, -0.25) is 9.59 Å². The van der Waals surface area contributed by atoms with Gasteiger partial charge in [-0.1, -0.05) is 0 Å². The molecule has 0 atom stereocenters. The fourth-order valence-corrected chi connectivity index (χ4v) is 2.56. The number of ketones is 1. The minimum absolute atomic E-state index is 0.0706. The minimum atomic E-state index is -0.363. The standard InChI is InChI=1S/C19H18FNO4/c1-21(15-5-3-14(20)4-6-15)19(23)9-7-16(22)13-2-8-17-18(12-13)25-11-10-24-17/h2-6,8,12H,7,9-11H2,1H3. The molecule has 2 aromatic rings. The van der Waals surface area contributed by atoms with Gasteiger partial charge in [0.05, 0.1) is 0 Å². The Morgan fingerprint density at radius 1 is 1.00 bits per heavy atom. The van der Waals surface area contributed by atoms with Crippen LogP contribution in [0.15, 0.2) is 42.5 Å². The molecule has 0 aliphatic carbocycles. The van der Waals surface area contributed by atoms with Gasteiger partial charge >= 0.3 is 0 Å². The number of Topliss-reactive ketones (excluding diaryl/α,β-unsaturated/α-hetero) is 1. The van der Waals surface area contributed by atoms with Crippen LogP contribution in [-0.4, -0.2) is 32.0 Å². The lowest BCUT2D eigenvalue weighted by molar-refractivity contribution is -0.118. The highest BCUT2D eigenvalue weighted by atomic mass is 19.1. The zero-order valence-corrected chi connectivity index (χ0v) is 13.8. The Bertz CT molecular complexity index is 789. The van der Waals surface area contributed by atoms with Crippen LogP contribution in [-0.2, 0) is 4.79 Å². The summed E-state index contributed by atoms with van der Waals surface area (Å²) in [4.78, 5) is 26.0. The Labute approximate surface area is 145 Å². The summed E-state index contributed by atoms with van der Waals surface area (Å²) in [6.45, 7) is 0.941. The summed E-state index contributed by atoms with van der Waals surface area (Å²) in [7, 11) is 1.60. The van der Waals surface area contributed by atoms with Crippen molar-refractivity contribution in [1.29, 1.82) is 0 Å². The van der Waals surface area contributed by atoms with E-state index >= 15 is 0 Å². The van der Waals surface area contributed by atoms with E-state index < -0.39 is 0 Å². The van der Waals surface area contributed by atoms with Crippen molar-refractivity contribution in [2.75, 3.05) is 25.2 Å². The normalized spacial score (nSPS) is 12.6. The van der Waals surface area contributed by atoms with Gasteiger partial charge in [0.25, 0.3) is 0 Å². The second kappa shape index (κ2) is 7.34. The molecule has 6 heteroatoms. The zero-order valence-electron chi connectivity index (χ0n) is 13.8. The quantitative estimate of drug-likeness (QED) is 0.782. The summed E-state index contributed by atoms with van der Waals surface area (Å²) in [6, 6.07) is 10.6. The average molecular weight is 343 g/mol. The number of fused-ring (bicyclic) bond motifs is 1. The number of anilines is 1. The predicted molar refractivity (Wildman–Crippen MR) is 90.8 cm³/mol. The molecule has 0 bridgehead atoms. The molecule has 0 radical (unpaired) electrons. The third-order valence-electron chi connectivity index (χ3n) is 4.02. The van der Waals surface area contributed by atoms with Crippen LogP contribution < -0.4 is 14.4 Å². The van der Waals surface area contributed by atoms with Crippen molar-refractivity contribution in [1.82, 2.24) is 0 Å². The van der Waals surface area contributed by atoms with E-state index in [1.165, 1.54) is 29.2 Å². The molecule has 1 aliphatic heterocycles.